The summed E-state index contributed by atoms with van der Waals surface area (Å²) in [4.78, 5) is 1.22. The van der Waals surface area contributed by atoms with Crippen LogP contribution in [0.5, 0.6) is 0 Å². The van der Waals surface area contributed by atoms with Crippen molar-refractivity contribution >= 4 is 22.9 Å². The van der Waals surface area contributed by atoms with Gasteiger partial charge in [0.2, 0.25) is 0 Å². The van der Waals surface area contributed by atoms with Gasteiger partial charge in [-0.15, -0.1) is 11.3 Å². The molecule has 1 aliphatic carbocycles. The maximum Gasteiger partial charge on any atom is 0.0931 e. The third-order valence-corrected chi connectivity index (χ3v) is 4.01. The topological polar surface area (TPSA) is 26.0 Å². The molecule has 0 aromatic carbocycles. The first-order valence-electron chi connectivity index (χ1n) is 4.15. The highest BCUT2D eigenvalue weighted by atomic mass is 35.5. The minimum atomic E-state index is -0.141. The monoisotopic (exact) mass is 201 g/mol. The van der Waals surface area contributed by atoms with E-state index in [1.807, 2.05) is 12.1 Å². The van der Waals surface area contributed by atoms with E-state index in [0.29, 0.717) is 5.92 Å². The maximum atomic E-state index is 6.21. The van der Waals surface area contributed by atoms with Gasteiger partial charge in [-0.3, -0.25) is 0 Å². The molecule has 0 radical (unpaired) electrons. The quantitative estimate of drug-likeness (QED) is 0.783. The SMILES string of the molecule is CC(N)(c1ccc(Cl)s1)C1CC1. The molecule has 0 bridgehead atoms. The summed E-state index contributed by atoms with van der Waals surface area (Å²) in [6.07, 6.45) is 2.53. The van der Waals surface area contributed by atoms with Crippen molar-refractivity contribution in [3.05, 3.63) is 21.3 Å². The molecule has 12 heavy (non-hydrogen) atoms. The first kappa shape index (κ1) is 8.54. The van der Waals surface area contributed by atoms with Gasteiger partial charge in [0.25, 0.3) is 0 Å². The van der Waals surface area contributed by atoms with Gasteiger partial charge in [0.1, 0.15) is 0 Å². The molecule has 1 aliphatic rings. The predicted molar refractivity (Wildman–Crippen MR) is 53.6 cm³/mol. The second kappa shape index (κ2) is 2.72. The van der Waals surface area contributed by atoms with E-state index in [1.54, 1.807) is 11.3 Å². The van der Waals surface area contributed by atoms with Gasteiger partial charge in [0, 0.05) is 4.88 Å². The molecule has 1 aromatic heterocycles. The summed E-state index contributed by atoms with van der Waals surface area (Å²) in [6, 6.07) is 3.97. The minimum absolute atomic E-state index is 0.141. The van der Waals surface area contributed by atoms with Crippen molar-refractivity contribution in [3.63, 3.8) is 0 Å². The molecule has 0 saturated heterocycles. The first-order chi connectivity index (χ1) is 5.60. The van der Waals surface area contributed by atoms with Crippen molar-refractivity contribution in [2.24, 2.45) is 11.7 Å². The third kappa shape index (κ3) is 1.39. The van der Waals surface area contributed by atoms with Gasteiger partial charge in [0.05, 0.1) is 9.88 Å². The number of halogens is 1. The summed E-state index contributed by atoms with van der Waals surface area (Å²) in [5.74, 6) is 0.673. The second-order valence-corrected chi connectivity index (χ2v) is 5.38. The lowest BCUT2D eigenvalue weighted by Crippen LogP contribution is -2.34. The van der Waals surface area contributed by atoms with E-state index < -0.39 is 0 Å². The third-order valence-electron chi connectivity index (χ3n) is 2.53. The van der Waals surface area contributed by atoms with Crippen LogP contribution in [0, 0.1) is 5.92 Å². The molecule has 2 rings (SSSR count). The lowest BCUT2D eigenvalue weighted by molar-refractivity contribution is 0.436. The van der Waals surface area contributed by atoms with E-state index in [4.69, 9.17) is 17.3 Å². The van der Waals surface area contributed by atoms with Gasteiger partial charge < -0.3 is 5.73 Å². The van der Waals surface area contributed by atoms with Crippen molar-refractivity contribution in [3.8, 4) is 0 Å². The number of hydrogen-bond donors (Lipinski definition) is 1. The molecule has 1 unspecified atom stereocenters. The fourth-order valence-corrected chi connectivity index (χ4v) is 2.67. The van der Waals surface area contributed by atoms with Gasteiger partial charge in [-0.2, -0.15) is 0 Å². The molecular formula is C9H12ClNS. The number of thiophene rings is 1. The van der Waals surface area contributed by atoms with Crippen molar-refractivity contribution in [2.45, 2.75) is 25.3 Å². The van der Waals surface area contributed by atoms with Crippen LogP contribution in [0.1, 0.15) is 24.6 Å². The Bertz CT molecular complexity index is 288. The van der Waals surface area contributed by atoms with Gasteiger partial charge >= 0.3 is 0 Å². The fourth-order valence-electron chi connectivity index (χ4n) is 1.49. The van der Waals surface area contributed by atoms with Crippen LogP contribution in [0.4, 0.5) is 0 Å². The summed E-state index contributed by atoms with van der Waals surface area (Å²) < 4.78 is 0.835. The van der Waals surface area contributed by atoms with Crippen LogP contribution in [-0.2, 0) is 5.54 Å². The molecule has 1 nitrogen and oxygen atoms in total. The zero-order valence-corrected chi connectivity index (χ0v) is 8.58. The molecule has 66 valence electrons. The summed E-state index contributed by atoms with van der Waals surface area (Å²) in [6.45, 7) is 2.10. The largest absolute Gasteiger partial charge is 0.321 e. The highest BCUT2D eigenvalue weighted by Gasteiger charge is 2.40. The Morgan fingerprint density at radius 1 is 1.58 bits per heavy atom. The normalized spacial score (nSPS) is 22.2. The van der Waals surface area contributed by atoms with E-state index in [2.05, 4.69) is 6.92 Å². The van der Waals surface area contributed by atoms with E-state index in [1.165, 1.54) is 17.7 Å². The van der Waals surface area contributed by atoms with Gasteiger partial charge in [-0.1, -0.05) is 11.6 Å². The molecule has 1 heterocycles. The van der Waals surface area contributed by atoms with Gasteiger partial charge in [-0.05, 0) is 37.8 Å². The highest BCUT2D eigenvalue weighted by molar-refractivity contribution is 7.16. The van der Waals surface area contributed by atoms with E-state index in [0.717, 1.165) is 4.34 Å². The molecular weight excluding hydrogens is 190 g/mol. The molecule has 0 spiro atoms. The Morgan fingerprint density at radius 2 is 2.25 bits per heavy atom. The lowest BCUT2D eigenvalue weighted by atomic mass is 9.95. The predicted octanol–water partition coefficient (Wildman–Crippen LogP) is 2.99. The molecule has 2 N–H and O–H groups in total. The second-order valence-electron chi connectivity index (χ2n) is 3.66. The average molecular weight is 202 g/mol. The van der Waals surface area contributed by atoms with Crippen molar-refractivity contribution in [2.75, 3.05) is 0 Å². The van der Waals surface area contributed by atoms with E-state index in [9.17, 15) is 0 Å². The molecule has 0 aliphatic heterocycles. The first-order valence-corrected chi connectivity index (χ1v) is 5.35. The zero-order chi connectivity index (χ0) is 8.77. The van der Waals surface area contributed by atoms with Crippen molar-refractivity contribution in [1.82, 2.24) is 0 Å². The van der Waals surface area contributed by atoms with Crippen LogP contribution in [0.2, 0.25) is 4.34 Å². The van der Waals surface area contributed by atoms with E-state index >= 15 is 0 Å². The molecule has 1 atom stereocenters. The smallest absolute Gasteiger partial charge is 0.0931 e. The molecule has 1 fully saturated rings. The van der Waals surface area contributed by atoms with Gasteiger partial charge in [0.15, 0.2) is 0 Å². The van der Waals surface area contributed by atoms with Crippen molar-refractivity contribution in [1.29, 1.82) is 0 Å². The summed E-state index contributed by atoms with van der Waals surface area (Å²) >= 11 is 7.46. The Balaban J connectivity index is 2.27. The molecule has 0 amide bonds. The van der Waals surface area contributed by atoms with Crippen LogP contribution in [-0.4, -0.2) is 0 Å². The average Bonchev–Trinajstić information content (AvgIpc) is 2.75. The standard InChI is InChI=1S/C9H12ClNS/c1-9(11,6-2-3-6)7-4-5-8(10)12-7/h4-6H,2-3,11H2,1H3. The number of nitrogens with two attached hydrogens (primary N) is 1. The summed E-state index contributed by atoms with van der Waals surface area (Å²) in [7, 11) is 0. The summed E-state index contributed by atoms with van der Waals surface area (Å²) in [5, 5.41) is 0. The number of hydrogen-bond acceptors (Lipinski definition) is 2. The van der Waals surface area contributed by atoms with Crippen molar-refractivity contribution < 1.29 is 0 Å². The Hall–Kier alpha value is -0.0500. The maximum absolute atomic E-state index is 6.21. The lowest BCUT2D eigenvalue weighted by Gasteiger charge is -2.22. The van der Waals surface area contributed by atoms with Crippen LogP contribution in [0.25, 0.3) is 0 Å². The van der Waals surface area contributed by atoms with E-state index in [-0.39, 0.29) is 5.54 Å². The van der Waals surface area contributed by atoms with Crippen LogP contribution in [0.3, 0.4) is 0 Å². The Morgan fingerprint density at radius 3 is 2.67 bits per heavy atom. The van der Waals surface area contributed by atoms with Crippen LogP contribution >= 0.6 is 22.9 Å². The van der Waals surface area contributed by atoms with Crippen LogP contribution < -0.4 is 5.73 Å². The molecule has 3 heteroatoms. The minimum Gasteiger partial charge on any atom is -0.321 e. The fraction of sp³-hybridized carbons (Fsp3) is 0.556. The molecule has 1 saturated carbocycles. The highest BCUT2D eigenvalue weighted by Crippen LogP contribution is 2.46. The number of rotatable bonds is 2. The summed E-state index contributed by atoms with van der Waals surface area (Å²) in [5.41, 5.74) is 6.07. The Kier molecular flexibility index (Phi) is 1.94. The van der Waals surface area contributed by atoms with Crippen LogP contribution in [0.15, 0.2) is 12.1 Å². The Labute approximate surface area is 81.5 Å². The van der Waals surface area contributed by atoms with Gasteiger partial charge in [-0.25, -0.2) is 0 Å². The molecule has 1 aromatic rings. The zero-order valence-electron chi connectivity index (χ0n) is 7.01.